The maximum absolute atomic E-state index is 12.1. The molecule has 1 aromatic carbocycles. The number of unbranched alkanes of at least 4 members (excludes halogenated alkanes) is 8. The van der Waals surface area contributed by atoms with E-state index in [9.17, 15) is 4.79 Å². The Balaban J connectivity index is 2.23. The molecule has 1 aromatic rings. The summed E-state index contributed by atoms with van der Waals surface area (Å²) in [6.45, 7) is 4.54. The molecule has 0 radical (unpaired) electrons. The largest absolute Gasteiger partial charge is 0.464 e. The molecule has 0 heterocycles. The predicted octanol–water partition coefficient (Wildman–Crippen LogP) is 5.95. The molecule has 1 atom stereocenters. The standard InChI is InChI=1S/C21H35NO2/c1-3-5-6-7-8-9-10-11-15-18-20(21(23)24-4-2)22-19-16-13-12-14-17-19/h12-14,16-17,20,22H,3-11,15,18H2,1-2H3/t20-/m1/s1. The van der Waals surface area contributed by atoms with Crippen LogP contribution in [0.1, 0.15) is 78.1 Å². The molecule has 0 bridgehead atoms. The van der Waals surface area contributed by atoms with Crippen LogP contribution in [0.25, 0.3) is 0 Å². The van der Waals surface area contributed by atoms with Crippen LogP contribution in [0.5, 0.6) is 0 Å². The van der Waals surface area contributed by atoms with E-state index in [2.05, 4.69) is 12.2 Å². The van der Waals surface area contributed by atoms with E-state index in [1.54, 1.807) is 0 Å². The summed E-state index contributed by atoms with van der Waals surface area (Å²) >= 11 is 0. The lowest BCUT2D eigenvalue weighted by Gasteiger charge is -2.18. The van der Waals surface area contributed by atoms with Gasteiger partial charge in [-0.3, -0.25) is 0 Å². The van der Waals surface area contributed by atoms with Gasteiger partial charge in [-0.1, -0.05) is 82.9 Å². The SMILES string of the molecule is CCCCCCCCCCC[C@@H](Nc1ccccc1)C(=O)OCC. The lowest BCUT2D eigenvalue weighted by Crippen LogP contribution is -2.31. The Morgan fingerprint density at radius 1 is 0.917 bits per heavy atom. The van der Waals surface area contributed by atoms with Crippen LogP contribution in [0.4, 0.5) is 5.69 Å². The first-order valence-corrected chi connectivity index (χ1v) is 9.76. The summed E-state index contributed by atoms with van der Waals surface area (Å²) in [5.41, 5.74) is 0.978. The summed E-state index contributed by atoms with van der Waals surface area (Å²) < 4.78 is 5.21. The van der Waals surface area contributed by atoms with Gasteiger partial charge in [0, 0.05) is 5.69 Å². The molecule has 0 aliphatic rings. The van der Waals surface area contributed by atoms with Gasteiger partial charge in [0.2, 0.25) is 0 Å². The fourth-order valence-corrected chi connectivity index (χ4v) is 2.89. The maximum Gasteiger partial charge on any atom is 0.328 e. The third-order valence-corrected chi connectivity index (χ3v) is 4.28. The molecule has 0 fully saturated rings. The number of hydrogen-bond acceptors (Lipinski definition) is 3. The van der Waals surface area contributed by atoms with Gasteiger partial charge < -0.3 is 10.1 Å². The highest BCUT2D eigenvalue weighted by atomic mass is 16.5. The van der Waals surface area contributed by atoms with Gasteiger partial charge in [-0.05, 0) is 25.5 Å². The van der Waals surface area contributed by atoms with E-state index in [0.29, 0.717) is 6.61 Å². The molecule has 0 aliphatic carbocycles. The zero-order chi connectivity index (χ0) is 17.5. The molecule has 0 saturated heterocycles. The lowest BCUT2D eigenvalue weighted by molar-refractivity contribution is -0.144. The minimum atomic E-state index is -0.239. The number of para-hydroxylation sites is 1. The summed E-state index contributed by atoms with van der Waals surface area (Å²) in [6, 6.07) is 9.67. The number of ether oxygens (including phenoxy) is 1. The highest BCUT2D eigenvalue weighted by Crippen LogP contribution is 2.15. The van der Waals surface area contributed by atoms with Crippen molar-refractivity contribution in [3.63, 3.8) is 0 Å². The van der Waals surface area contributed by atoms with E-state index in [4.69, 9.17) is 4.74 Å². The van der Waals surface area contributed by atoms with E-state index in [1.807, 2.05) is 37.3 Å². The zero-order valence-electron chi connectivity index (χ0n) is 15.6. The summed E-state index contributed by atoms with van der Waals surface area (Å²) in [7, 11) is 0. The fraction of sp³-hybridized carbons (Fsp3) is 0.667. The molecule has 0 unspecified atom stereocenters. The van der Waals surface area contributed by atoms with Crippen molar-refractivity contribution in [2.75, 3.05) is 11.9 Å². The van der Waals surface area contributed by atoms with Crippen LogP contribution in [0.15, 0.2) is 30.3 Å². The van der Waals surface area contributed by atoms with Gasteiger partial charge >= 0.3 is 5.97 Å². The van der Waals surface area contributed by atoms with Crippen LogP contribution in [0.3, 0.4) is 0 Å². The molecule has 3 heteroatoms. The highest BCUT2D eigenvalue weighted by Gasteiger charge is 2.18. The molecular weight excluding hydrogens is 298 g/mol. The van der Waals surface area contributed by atoms with Gasteiger partial charge in [0.15, 0.2) is 0 Å². The van der Waals surface area contributed by atoms with E-state index in [1.165, 1.54) is 51.4 Å². The normalized spacial score (nSPS) is 11.9. The van der Waals surface area contributed by atoms with Crippen LogP contribution in [0, 0.1) is 0 Å². The Bertz CT molecular complexity index is 419. The van der Waals surface area contributed by atoms with Crippen LogP contribution in [0.2, 0.25) is 0 Å². The quantitative estimate of drug-likeness (QED) is 0.337. The molecule has 0 spiro atoms. The van der Waals surface area contributed by atoms with Crippen molar-refractivity contribution in [3.05, 3.63) is 30.3 Å². The maximum atomic E-state index is 12.1. The van der Waals surface area contributed by atoms with Gasteiger partial charge in [-0.25, -0.2) is 4.79 Å². The number of rotatable bonds is 14. The fourth-order valence-electron chi connectivity index (χ4n) is 2.89. The first-order valence-electron chi connectivity index (χ1n) is 9.76. The topological polar surface area (TPSA) is 38.3 Å². The Kier molecular flexibility index (Phi) is 11.9. The minimum absolute atomic E-state index is 0.138. The average molecular weight is 334 g/mol. The van der Waals surface area contributed by atoms with E-state index in [0.717, 1.165) is 18.5 Å². The van der Waals surface area contributed by atoms with Crippen LogP contribution in [-0.2, 0) is 9.53 Å². The van der Waals surface area contributed by atoms with Crippen molar-refractivity contribution in [1.82, 2.24) is 0 Å². The number of esters is 1. The van der Waals surface area contributed by atoms with Crippen LogP contribution >= 0.6 is 0 Å². The van der Waals surface area contributed by atoms with E-state index in [-0.39, 0.29) is 12.0 Å². The number of carbonyl (C=O) groups excluding carboxylic acids is 1. The Morgan fingerprint density at radius 3 is 2.08 bits per heavy atom. The molecular formula is C21H35NO2. The van der Waals surface area contributed by atoms with Crippen LogP contribution in [-0.4, -0.2) is 18.6 Å². The Morgan fingerprint density at radius 2 is 1.50 bits per heavy atom. The predicted molar refractivity (Wildman–Crippen MR) is 102 cm³/mol. The molecule has 0 amide bonds. The number of nitrogens with one attached hydrogen (secondary N) is 1. The summed E-state index contributed by atoms with van der Waals surface area (Å²) in [5.74, 6) is -0.138. The van der Waals surface area contributed by atoms with Gasteiger partial charge in [0.05, 0.1) is 6.61 Å². The second-order valence-electron chi connectivity index (χ2n) is 6.43. The summed E-state index contributed by atoms with van der Waals surface area (Å²) in [4.78, 5) is 12.1. The first-order chi connectivity index (χ1) is 11.8. The first kappa shape index (κ1) is 20.5. The van der Waals surface area contributed by atoms with Crippen molar-refractivity contribution >= 4 is 11.7 Å². The zero-order valence-corrected chi connectivity index (χ0v) is 15.6. The van der Waals surface area contributed by atoms with Crippen LogP contribution < -0.4 is 5.32 Å². The van der Waals surface area contributed by atoms with E-state index < -0.39 is 0 Å². The van der Waals surface area contributed by atoms with Gasteiger partial charge in [-0.15, -0.1) is 0 Å². The molecule has 136 valence electrons. The summed E-state index contributed by atoms with van der Waals surface area (Å²) in [6.07, 6.45) is 12.5. The van der Waals surface area contributed by atoms with Crippen molar-refractivity contribution < 1.29 is 9.53 Å². The molecule has 24 heavy (non-hydrogen) atoms. The van der Waals surface area contributed by atoms with Gasteiger partial charge in [-0.2, -0.15) is 0 Å². The molecule has 1 rings (SSSR count). The van der Waals surface area contributed by atoms with Crippen molar-refractivity contribution in [1.29, 1.82) is 0 Å². The number of hydrogen-bond donors (Lipinski definition) is 1. The van der Waals surface area contributed by atoms with Gasteiger partial charge in [0.1, 0.15) is 6.04 Å². The Labute approximate surface area is 148 Å². The molecule has 0 saturated carbocycles. The summed E-state index contributed by atoms with van der Waals surface area (Å²) in [5, 5.41) is 3.31. The third kappa shape index (κ3) is 9.59. The molecule has 0 aliphatic heterocycles. The second kappa shape index (κ2) is 13.9. The van der Waals surface area contributed by atoms with Gasteiger partial charge in [0.25, 0.3) is 0 Å². The Hall–Kier alpha value is -1.51. The molecule has 0 aromatic heterocycles. The number of anilines is 1. The van der Waals surface area contributed by atoms with Crippen molar-refractivity contribution in [2.45, 2.75) is 84.1 Å². The number of benzene rings is 1. The second-order valence-corrected chi connectivity index (χ2v) is 6.43. The molecule has 1 N–H and O–H groups in total. The van der Waals surface area contributed by atoms with Crippen molar-refractivity contribution in [3.8, 4) is 0 Å². The molecule has 3 nitrogen and oxygen atoms in total. The van der Waals surface area contributed by atoms with E-state index >= 15 is 0 Å². The van der Waals surface area contributed by atoms with Crippen molar-refractivity contribution in [2.24, 2.45) is 0 Å². The third-order valence-electron chi connectivity index (χ3n) is 4.28. The highest BCUT2D eigenvalue weighted by molar-refractivity contribution is 5.79. The lowest BCUT2D eigenvalue weighted by atomic mass is 10.0. The minimum Gasteiger partial charge on any atom is -0.464 e. The number of carbonyl (C=O) groups is 1. The smallest absolute Gasteiger partial charge is 0.328 e. The monoisotopic (exact) mass is 333 g/mol. The average Bonchev–Trinajstić information content (AvgIpc) is 2.60.